The molecule has 1 aliphatic heterocycles. The van der Waals surface area contributed by atoms with Crippen LogP contribution in [0.4, 0.5) is 4.39 Å². The largest absolute Gasteiger partial charge is 0.345 e. The van der Waals surface area contributed by atoms with Crippen LogP contribution in [0.15, 0.2) is 54.0 Å². The standard InChI is InChI=1S/C24H25FN4OS/c1-14(2)15-7-9-16(10-8-15)20-22(30)29(4)23(26)28-24(20,3)19-12-17(13-31-19)18-6-5-11-27-21(18)25/h5-14,20H,1-4H3,(H2,26,28)/t20-,24-/m1/s1. The molecule has 7 heteroatoms. The van der Waals surface area contributed by atoms with Gasteiger partial charge >= 0.3 is 0 Å². The van der Waals surface area contributed by atoms with Crippen LogP contribution in [0.1, 0.15) is 48.6 Å². The highest BCUT2D eigenvalue weighted by Gasteiger charge is 2.49. The summed E-state index contributed by atoms with van der Waals surface area (Å²) in [5, 5.41) is 13.4. The monoisotopic (exact) mass is 436 g/mol. The van der Waals surface area contributed by atoms with Crippen LogP contribution in [0.5, 0.6) is 0 Å². The Labute approximate surface area is 185 Å². The van der Waals surface area contributed by atoms with Crippen LogP contribution in [0.25, 0.3) is 11.1 Å². The summed E-state index contributed by atoms with van der Waals surface area (Å²) in [5.74, 6) is -0.766. The number of guanidine groups is 1. The minimum Gasteiger partial charge on any atom is -0.345 e. The van der Waals surface area contributed by atoms with Gasteiger partial charge in [-0.3, -0.25) is 15.1 Å². The predicted molar refractivity (Wildman–Crippen MR) is 122 cm³/mol. The molecule has 0 unspecified atom stereocenters. The molecule has 3 heterocycles. The van der Waals surface area contributed by atoms with Gasteiger partial charge in [-0.05, 0) is 53.1 Å². The molecule has 1 aliphatic rings. The zero-order chi connectivity index (χ0) is 22.3. The van der Waals surface area contributed by atoms with Crippen LogP contribution in [-0.4, -0.2) is 28.8 Å². The zero-order valence-corrected chi connectivity index (χ0v) is 18.8. The normalized spacial score (nSPS) is 21.5. The van der Waals surface area contributed by atoms with Crippen LogP contribution in [0.2, 0.25) is 0 Å². The van der Waals surface area contributed by atoms with E-state index in [9.17, 15) is 9.18 Å². The lowest BCUT2D eigenvalue weighted by Crippen LogP contribution is -2.62. The number of benzene rings is 1. The molecular formula is C24H25FN4OS. The fraction of sp³-hybridized carbons (Fsp3) is 0.292. The summed E-state index contributed by atoms with van der Waals surface area (Å²) in [6.45, 7) is 6.20. The Morgan fingerprint density at radius 2 is 1.97 bits per heavy atom. The number of rotatable bonds is 4. The molecule has 1 aromatic carbocycles. The molecule has 0 spiro atoms. The van der Waals surface area contributed by atoms with Crippen molar-refractivity contribution in [3.63, 3.8) is 0 Å². The van der Waals surface area contributed by atoms with Gasteiger partial charge in [-0.1, -0.05) is 38.1 Å². The van der Waals surface area contributed by atoms with Gasteiger partial charge in [-0.25, -0.2) is 4.98 Å². The Morgan fingerprint density at radius 1 is 1.26 bits per heavy atom. The Kier molecular flexibility index (Phi) is 5.39. The van der Waals surface area contributed by atoms with E-state index < -0.39 is 17.4 Å². The fourth-order valence-electron chi connectivity index (χ4n) is 4.06. The number of likely N-dealkylation sites (N-methyl/N-ethyl adjacent to an activating group) is 1. The Balaban J connectivity index is 1.80. The second-order valence-electron chi connectivity index (χ2n) is 8.37. The smallest absolute Gasteiger partial charge is 0.239 e. The maximum absolute atomic E-state index is 14.2. The van der Waals surface area contributed by atoms with E-state index in [2.05, 4.69) is 36.3 Å². The summed E-state index contributed by atoms with van der Waals surface area (Å²) in [6.07, 6.45) is 1.42. The molecule has 2 atom stereocenters. The van der Waals surface area contributed by atoms with E-state index in [0.717, 1.165) is 10.4 Å². The van der Waals surface area contributed by atoms with Gasteiger partial charge in [0.1, 0.15) is 0 Å². The first kappa shape index (κ1) is 21.2. The quantitative estimate of drug-likeness (QED) is 0.561. The third kappa shape index (κ3) is 3.63. The summed E-state index contributed by atoms with van der Waals surface area (Å²) >= 11 is 1.45. The number of nitrogens with one attached hydrogen (secondary N) is 2. The third-order valence-electron chi connectivity index (χ3n) is 5.99. The highest BCUT2D eigenvalue weighted by molar-refractivity contribution is 7.10. The number of carbonyl (C=O) groups is 1. The van der Waals surface area contributed by atoms with Crippen molar-refractivity contribution in [2.75, 3.05) is 7.05 Å². The topological polar surface area (TPSA) is 69.1 Å². The number of amides is 1. The van der Waals surface area contributed by atoms with E-state index in [1.165, 1.54) is 28.0 Å². The highest BCUT2D eigenvalue weighted by atomic mass is 32.1. The number of hydrogen-bond acceptors (Lipinski definition) is 4. The second-order valence-corrected chi connectivity index (χ2v) is 9.28. The van der Waals surface area contributed by atoms with Gasteiger partial charge in [-0.15, -0.1) is 11.3 Å². The molecule has 160 valence electrons. The van der Waals surface area contributed by atoms with Gasteiger partial charge in [0.25, 0.3) is 0 Å². The van der Waals surface area contributed by atoms with E-state index in [-0.39, 0.29) is 11.9 Å². The van der Waals surface area contributed by atoms with E-state index in [1.807, 2.05) is 30.5 Å². The van der Waals surface area contributed by atoms with Crippen molar-refractivity contribution in [1.29, 1.82) is 5.41 Å². The SMILES string of the molecule is CC(C)c1ccc([C@@H]2C(=O)N(C)C(=N)N[C@]2(C)c2cc(-c3cccnc3F)cs2)cc1. The number of nitrogens with zero attached hydrogens (tertiary/aromatic N) is 2. The number of thiophene rings is 1. The maximum atomic E-state index is 14.2. The first-order valence-corrected chi connectivity index (χ1v) is 11.0. The maximum Gasteiger partial charge on any atom is 0.239 e. The predicted octanol–water partition coefficient (Wildman–Crippen LogP) is 5.07. The molecule has 2 N–H and O–H groups in total. The number of pyridine rings is 1. The molecule has 1 fully saturated rings. The number of aromatic nitrogens is 1. The highest BCUT2D eigenvalue weighted by Crippen LogP contribution is 2.44. The average Bonchev–Trinajstić information content (AvgIpc) is 3.24. The molecule has 3 aromatic rings. The Hall–Kier alpha value is -3.06. The van der Waals surface area contributed by atoms with Gasteiger partial charge in [-0.2, -0.15) is 4.39 Å². The average molecular weight is 437 g/mol. The van der Waals surface area contributed by atoms with Gasteiger partial charge in [0.15, 0.2) is 5.96 Å². The van der Waals surface area contributed by atoms with Crippen molar-refractivity contribution < 1.29 is 9.18 Å². The summed E-state index contributed by atoms with van der Waals surface area (Å²) < 4.78 is 14.2. The van der Waals surface area contributed by atoms with E-state index in [4.69, 9.17) is 5.41 Å². The Bertz CT molecular complexity index is 1140. The van der Waals surface area contributed by atoms with Gasteiger partial charge in [0.05, 0.1) is 11.5 Å². The minimum atomic E-state index is -0.846. The number of hydrogen-bond donors (Lipinski definition) is 2. The zero-order valence-electron chi connectivity index (χ0n) is 17.9. The molecule has 0 bridgehead atoms. The number of halogens is 1. The summed E-state index contributed by atoms with van der Waals surface area (Å²) in [4.78, 5) is 19.3. The molecule has 2 aromatic heterocycles. The molecule has 1 saturated heterocycles. The van der Waals surface area contributed by atoms with Gasteiger partial charge in [0.2, 0.25) is 11.9 Å². The third-order valence-corrected chi connectivity index (χ3v) is 7.15. The van der Waals surface area contributed by atoms with Crippen molar-refractivity contribution in [3.05, 3.63) is 76.0 Å². The molecule has 0 saturated carbocycles. The lowest BCUT2D eigenvalue weighted by Gasteiger charge is -2.45. The van der Waals surface area contributed by atoms with Crippen molar-refractivity contribution in [2.24, 2.45) is 0 Å². The molecule has 31 heavy (non-hydrogen) atoms. The van der Waals surface area contributed by atoms with Crippen LogP contribution in [-0.2, 0) is 10.3 Å². The van der Waals surface area contributed by atoms with Crippen LogP contribution < -0.4 is 5.32 Å². The van der Waals surface area contributed by atoms with Gasteiger partial charge in [0, 0.05) is 23.7 Å². The van der Waals surface area contributed by atoms with Crippen LogP contribution in [0, 0.1) is 11.4 Å². The van der Waals surface area contributed by atoms with Crippen molar-refractivity contribution in [2.45, 2.75) is 38.1 Å². The molecule has 0 radical (unpaired) electrons. The molecule has 4 rings (SSSR count). The summed E-state index contributed by atoms with van der Waals surface area (Å²) in [7, 11) is 1.61. The first-order chi connectivity index (χ1) is 14.7. The van der Waals surface area contributed by atoms with Crippen molar-refractivity contribution in [1.82, 2.24) is 15.2 Å². The summed E-state index contributed by atoms with van der Waals surface area (Å²) in [5.41, 5.74) is 2.36. The molecule has 5 nitrogen and oxygen atoms in total. The van der Waals surface area contributed by atoms with Crippen LogP contribution in [0.3, 0.4) is 0 Å². The van der Waals surface area contributed by atoms with E-state index in [0.29, 0.717) is 17.0 Å². The molecular weight excluding hydrogens is 411 g/mol. The molecule has 1 amide bonds. The Morgan fingerprint density at radius 3 is 2.61 bits per heavy atom. The second kappa shape index (κ2) is 7.89. The van der Waals surface area contributed by atoms with Crippen molar-refractivity contribution >= 4 is 23.2 Å². The first-order valence-electron chi connectivity index (χ1n) is 10.2. The lowest BCUT2D eigenvalue weighted by molar-refractivity contribution is -0.131. The van der Waals surface area contributed by atoms with Crippen LogP contribution >= 0.6 is 11.3 Å². The summed E-state index contributed by atoms with van der Waals surface area (Å²) in [6, 6.07) is 13.4. The number of carbonyl (C=O) groups excluding carboxylic acids is 1. The fourth-order valence-corrected chi connectivity index (χ4v) is 5.11. The van der Waals surface area contributed by atoms with E-state index >= 15 is 0 Å². The van der Waals surface area contributed by atoms with Crippen molar-refractivity contribution in [3.8, 4) is 11.1 Å². The minimum absolute atomic E-state index is 0.0464. The molecule has 0 aliphatic carbocycles. The van der Waals surface area contributed by atoms with Gasteiger partial charge < -0.3 is 5.32 Å². The lowest BCUT2D eigenvalue weighted by atomic mass is 9.76. The van der Waals surface area contributed by atoms with E-state index in [1.54, 1.807) is 19.2 Å².